The summed E-state index contributed by atoms with van der Waals surface area (Å²) in [6.45, 7) is 0. The second-order valence-electron chi connectivity index (χ2n) is 1.57. The molecule has 0 aromatic rings. The summed E-state index contributed by atoms with van der Waals surface area (Å²) in [5.74, 6) is -3.54. The van der Waals surface area contributed by atoms with E-state index in [4.69, 9.17) is 20.4 Å². The summed E-state index contributed by atoms with van der Waals surface area (Å²) in [4.78, 5) is 19.5. The van der Waals surface area contributed by atoms with Crippen molar-refractivity contribution < 1.29 is 61.0 Å². The fourth-order valence-electron chi connectivity index (χ4n) is 0.270. The third-order valence-electron chi connectivity index (χ3n) is 0.805. The molecule has 11 heavy (non-hydrogen) atoms. The number of carboxylic acids is 2. The van der Waals surface area contributed by atoms with Crippen molar-refractivity contribution in [2.75, 3.05) is 0 Å². The van der Waals surface area contributed by atoms with Crippen LogP contribution >= 0.6 is 0 Å². The van der Waals surface area contributed by atoms with Gasteiger partial charge in [-0.25, -0.2) is 9.59 Å². The molecule has 0 aromatic heterocycles. The summed E-state index contributed by atoms with van der Waals surface area (Å²) in [6.07, 6.45) is -4.53. The average Bonchev–Trinajstić information content (AvgIpc) is 1.84. The van der Waals surface area contributed by atoms with E-state index in [1.807, 2.05) is 0 Å². The first kappa shape index (κ1) is 13.4. The molecule has 0 aliphatic rings. The molecule has 6 nitrogen and oxygen atoms in total. The van der Waals surface area contributed by atoms with Crippen molar-refractivity contribution >= 4 is 11.9 Å². The molecule has 0 saturated heterocycles. The fraction of sp³-hybridized carbons (Fsp3) is 0.500. The van der Waals surface area contributed by atoms with Crippen LogP contribution in [0.3, 0.4) is 0 Å². The van der Waals surface area contributed by atoms with Gasteiger partial charge in [0.1, 0.15) is 0 Å². The van der Waals surface area contributed by atoms with Gasteiger partial charge in [-0.3, -0.25) is 0 Å². The summed E-state index contributed by atoms with van der Waals surface area (Å²) in [5.41, 5.74) is 0. The van der Waals surface area contributed by atoms with Crippen LogP contribution in [0.1, 0.15) is 1.43 Å². The van der Waals surface area contributed by atoms with Gasteiger partial charge in [-0.2, -0.15) is 0 Å². The van der Waals surface area contributed by atoms with Crippen LogP contribution in [0.4, 0.5) is 0 Å². The number of hydrogen-bond acceptors (Lipinski definition) is 4. The van der Waals surface area contributed by atoms with Gasteiger partial charge in [-0.1, -0.05) is 0 Å². The van der Waals surface area contributed by atoms with Crippen LogP contribution < -0.4 is 29.6 Å². The molecule has 0 amide bonds. The fourth-order valence-corrected chi connectivity index (χ4v) is 0.270. The second kappa shape index (κ2) is 5.50. The van der Waals surface area contributed by atoms with Crippen molar-refractivity contribution in [3.8, 4) is 0 Å². The van der Waals surface area contributed by atoms with Gasteiger partial charge in [0.05, 0.1) is 0 Å². The van der Waals surface area contributed by atoms with Gasteiger partial charge in [0, 0.05) is 0 Å². The number of carbonyl (C=O) groups is 2. The van der Waals surface area contributed by atoms with Gasteiger partial charge in [-0.15, -0.1) is 0 Å². The molecule has 4 N–H and O–H groups in total. The molecule has 0 rings (SSSR count). The molecular formula is C4H7NaO6+2. The van der Waals surface area contributed by atoms with Crippen LogP contribution in [0.5, 0.6) is 0 Å². The molecule has 0 fully saturated rings. The van der Waals surface area contributed by atoms with Crippen LogP contribution in [0.15, 0.2) is 0 Å². The van der Waals surface area contributed by atoms with Gasteiger partial charge < -0.3 is 20.4 Å². The molecule has 0 bridgehead atoms. The van der Waals surface area contributed by atoms with E-state index < -0.39 is 24.1 Å². The van der Waals surface area contributed by atoms with Crippen LogP contribution in [-0.4, -0.2) is 44.6 Å². The Labute approximate surface area is 85.2 Å². The Bertz CT molecular complexity index is 144. The van der Waals surface area contributed by atoms with Crippen molar-refractivity contribution in [1.29, 1.82) is 0 Å². The van der Waals surface area contributed by atoms with E-state index in [2.05, 4.69) is 0 Å². The van der Waals surface area contributed by atoms with E-state index in [0.717, 1.165) is 0 Å². The maximum absolute atomic E-state index is 9.77. The first-order valence-corrected chi connectivity index (χ1v) is 2.28. The quantitative estimate of drug-likeness (QED) is 0.318. The van der Waals surface area contributed by atoms with E-state index in [0.29, 0.717) is 0 Å². The first-order chi connectivity index (χ1) is 4.46. The molecule has 0 heterocycles. The zero-order valence-electron chi connectivity index (χ0n) is 6.76. The Morgan fingerprint density at radius 3 is 1.27 bits per heavy atom. The molecular weight excluding hydrogens is 167 g/mol. The largest absolute Gasteiger partial charge is 1.00 e. The van der Waals surface area contributed by atoms with E-state index in [9.17, 15) is 9.59 Å². The van der Waals surface area contributed by atoms with Crippen LogP contribution in [0.2, 0.25) is 0 Å². The smallest absolute Gasteiger partial charge is 0.479 e. The Morgan fingerprint density at radius 2 is 1.18 bits per heavy atom. The van der Waals surface area contributed by atoms with Gasteiger partial charge in [-0.05, 0) is 0 Å². The van der Waals surface area contributed by atoms with Gasteiger partial charge in [0.25, 0.3) is 0 Å². The molecule has 2 atom stereocenters. The number of aliphatic hydroxyl groups excluding tert-OH is 2. The van der Waals surface area contributed by atoms with Crippen LogP contribution in [0.25, 0.3) is 0 Å². The summed E-state index contributed by atoms with van der Waals surface area (Å²) in [5, 5.41) is 32.5. The Balaban J connectivity index is -0.000000405. The predicted octanol–water partition coefficient (Wildman–Crippen LogP) is -5.01. The summed E-state index contributed by atoms with van der Waals surface area (Å²) >= 11 is 0. The summed E-state index contributed by atoms with van der Waals surface area (Å²) in [6, 6.07) is 0. The van der Waals surface area contributed by atoms with Gasteiger partial charge in [0.2, 0.25) is 0 Å². The molecule has 2 unspecified atom stereocenters. The van der Waals surface area contributed by atoms with Gasteiger partial charge >= 0.3 is 42.9 Å². The Morgan fingerprint density at radius 1 is 1.00 bits per heavy atom. The number of hydrogen-bond donors (Lipinski definition) is 4. The zero-order chi connectivity index (χ0) is 8.31. The molecule has 0 radical (unpaired) electrons. The Hall–Kier alpha value is -0.140. The van der Waals surface area contributed by atoms with E-state index in [1.54, 1.807) is 0 Å². The zero-order valence-corrected chi connectivity index (χ0v) is 7.76. The summed E-state index contributed by atoms with van der Waals surface area (Å²) in [7, 11) is 0. The predicted molar refractivity (Wildman–Crippen MR) is 28.4 cm³/mol. The maximum Gasteiger partial charge on any atom is 1.00 e. The van der Waals surface area contributed by atoms with Crippen molar-refractivity contribution in [3.05, 3.63) is 0 Å². The first-order valence-electron chi connectivity index (χ1n) is 2.28. The molecule has 0 saturated carbocycles. The monoisotopic (exact) mass is 174 g/mol. The molecule has 0 aliphatic carbocycles. The average molecular weight is 174 g/mol. The van der Waals surface area contributed by atoms with Crippen LogP contribution in [-0.2, 0) is 9.59 Å². The van der Waals surface area contributed by atoms with Crippen molar-refractivity contribution in [2.24, 2.45) is 0 Å². The number of carboxylic acid groups (broad SMARTS) is 2. The molecule has 7 heteroatoms. The van der Waals surface area contributed by atoms with E-state index in [1.165, 1.54) is 0 Å². The van der Waals surface area contributed by atoms with Gasteiger partial charge in [0.15, 0.2) is 12.2 Å². The standard InChI is InChI=1S/C4H6O6.Na/c5-1(3(7)8)2(6)4(9)10;/h1-2,5-6H,(H,7,8)(H,9,10);/q;+1/p+1. The maximum atomic E-state index is 9.77. The van der Waals surface area contributed by atoms with E-state index >= 15 is 0 Å². The normalized spacial score (nSPS) is 14.4. The number of aliphatic hydroxyl groups is 2. The topological polar surface area (TPSA) is 115 Å². The van der Waals surface area contributed by atoms with Crippen molar-refractivity contribution in [2.45, 2.75) is 12.2 Å². The number of aliphatic carboxylic acids is 2. The van der Waals surface area contributed by atoms with Crippen molar-refractivity contribution in [1.82, 2.24) is 0 Å². The molecule has 0 spiro atoms. The second-order valence-corrected chi connectivity index (χ2v) is 1.57. The third kappa shape index (κ3) is 4.33. The minimum atomic E-state index is -2.27. The summed E-state index contributed by atoms with van der Waals surface area (Å²) < 4.78 is 0. The SMILES string of the molecule is O=C(O)C(O)C(O)C(=O)O.[H+].[Na+]. The minimum absolute atomic E-state index is 0. The van der Waals surface area contributed by atoms with Crippen molar-refractivity contribution in [3.63, 3.8) is 0 Å². The molecule has 0 aromatic carbocycles. The third-order valence-corrected chi connectivity index (χ3v) is 0.805. The number of rotatable bonds is 3. The molecule has 0 aliphatic heterocycles. The minimum Gasteiger partial charge on any atom is -0.479 e. The molecule has 58 valence electrons. The Kier molecular flexibility index (Phi) is 6.73. The van der Waals surface area contributed by atoms with Crippen LogP contribution in [0, 0.1) is 0 Å². The van der Waals surface area contributed by atoms with E-state index in [-0.39, 0.29) is 31.0 Å².